The number of aromatic nitrogens is 1. The number of rotatable bonds is 13. The summed E-state index contributed by atoms with van der Waals surface area (Å²) in [5, 5.41) is 10.4. The van der Waals surface area contributed by atoms with E-state index in [0.29, 0.717) is 10.8 Å². The van der Waals surface area contributed by atoms with Crippen LogP contribution in [-0.4, -0.2) is 56.1 Å². The van der Waals surface area contributed by atoms with E-state index in [-0.39, 0.29) is 12.5 Å². The number of hydrogen-bond donors (Lipinski definition) is 2. The van der Waals surface area contributed by atoms with Gasteiger partial charge in [-0.2, -0.15) is 0 Å². The number of hydrogen-bond acceptors (Lipinski definition) is 8. The average Bonchev–Trinajstić information content (AvgIpc) is 2.83. The zero-order valence-corrected chi connectivity index (χ0v) is 20.8. The predicted molar refractivity (Wildman–Crippen MR) is 136 cm³/mol. The summed E-state index contributed by atoms with van der Waals surface area (Å²) < 4.78 is 14.1. The van der Waals surface area contributed by atoms with Crippen molar-refractivity contribution in [1.29, 1.82) is 0 Å². The number of aliphatic hydroxyl groups excluding tert-OH is 1. The number of nitrogens with zero attached hydrogens (tertiary/aromatic N) is 2. The third kappa shape index (κ3) is 8.75. The second-order valence-corrected chi connectivity index (χ2v) is 9.26. The topological polar surface area (TPSA) is 76.0 Å². The molecule has 1 aliphatic rings. The Morgan fingerprint density at radius 2 is 2.22 bits per heavy atom. The molecule has 2 atom stereocenters. The second kappa shape index (κ2) is 15.3. The molecule has 1 fully saturated rings. The molecule has 0 spiro atoms. The van der Waals surface area contributed by atoms with Gasteiger partial charge in [0.1, 0.15) is 6.10 Å². The first-order chi connectivity index (χ1) is 15.6. The summed E-state index contributed by atoms with van der Waals surface area (Å²) in [6.45, 7) is 7.34. The molecule has 1 aliphatic heterocycles. The molecular weight excluding hydrogens is 442 g/mol. The maximum Gasteiger partial charge on any atom is 0.111 e. The van der Waals surface area contributed by atoms with Crippen molar-refractivity contribution >= 4 is 30.4 Å². The highest BCUT2D eigenvalue weighted by molar-refractivity contribution is 8.01. The largest absolute Gasteiger partial charge is 0.385 e. The van der Waals surface area contributed by atoms with Gasteiger partial charge in [-0.25, -0.2) is 0 Å². The molecule has 0 bridgehead atoms. The lowest BCUT2D eigenvalue weighted by Gasteiger charge is -2.28. The van der Waals surface area contributed by atoms with Crippen LogP contribution in [0.25, 0.3) is 0 Å². The number of aliphatic imine (C=N–C) groups is 1. The van der Waals surface area contributed by atoms with E-state index in [2.05, 4.69) is 40.9 Å². The Bertz CT molecular complexity index is 775. The Morgan fingerprint density at radius 3 is 2.81 bits per heavy atom. The van der Waals surface area contributed by atoms with E-state index in [0.717, 1.165) is 48.8 Å². The molecule has 0 amide bonds. The molecule has 2 heterocycles. The smallest absolute Gasteiger partial charge is 0.111 e. The molecule has 1 aromatic rings. The lowest BCUT2D eigenvalue weighted by molar-refractivity contribution is 0.0624. The van der Waals surface area contributed by atoms with E-state index < -0.39 is 6.10 Å². The quantitative estimate of drug-likeness (QED) is 0.180. The van der Waals surface area contributed by atoms with Crippen LogP contribution in [0.3, 0.4) is 0 Å². The van der Waals surface area contributed by atoms with E-state index in [1.54, 1.807) is 25.1 Å². The molecule has 1 aromatic heterocycles. The van der Waals surface area contributed by atoms with Crippen LogP contribution < -0.4 is 4.72 Å². The monoisotopic (exact) mass is 477 g/mol. The molecule has 0 saturated carbocycles. The minimum Gasteiger partial charge on any atom is -0.385 e. The molecule has 1 saturated heterocycles. The molecule has 32 heavy (non-hydrogen) atoms. The van der Waals surface area contributed by atoms with Gasteiger partial charge in [-0.05, 0) is 75.2 Å². The Labute approximate surface area is 200 Å². The number of nitrogens with one attached hydrogen (secondary N) is 1. The van der Waals surface area contributed by atoms with Gasteiger partial charge < -0.3 is 19.3 Å². The first kappa shape index (κ1) is 26.7. The maximum atomic E-state index is 10.4. The third-order valence-electron chi connectivity index (χ3n) is 5.26. The van der Waals surface area contributed by atoms with Crippen LogP contribution in [0.15, 0.2) is 63.2 Å². The minimum atomic E-state index is -0.779. The van der Waals surface area contributed by atoms with Crippen molar-refractivity contribution in [2.75, 3.05) is 33.2 Å². The van der Waals surface area contributed by atoms with Crippen LogP contribution >= 0.6 is 23.7 Å². The molecule has 2 unspecified atom stereocenters. The molecule has 6 nitrogen and oxygen atoms in total. The lowest BCUT2D eigenvalue weighted by atomic mass is 9.85. The SMILES string of the molecule is C=N/C=C(\SN/C(=C\C=C\C)C(CC1CCOCC1)c1ccc(SC)cn1)C(O)COC. The van der Waals surface area contributed by atoms with Crippen molar-refractivity contribution in [2.24, 2.45) is 10.9 Å². The van der Waals surface area contributed by atoms with Gasteiger partial charge in [0.15, 0.2) is 0 Å². The Balaban J connectivity index is 2.31. The maximum absolute atomic E-state index is 10.4. The van der Waals surface area contributed by atoms with Crippen molar-refractivity contribution in [1.82, 2.24) is 9.71 Å². The van der Waals surface area contributed by atoms with Crippen LogP contribution in [0.5, 0.6) is 0 Å². The number of thioether (sulfide) groups is 1. The Kier molecular flexibility index (Phi) is 12.7. The van der Waals surface area contributed by atoms with Crippen LogP contribution in [0.1, 0.15) is 37.8 Å². The van der Waals surface area contributed by atoms with Gasteiger partial charge in [-0.3, -0.25) is 9.98 Å². The average molecular weight is 478 g/mol. The van der Waals surface area contributed by atoms with Gasteiger partial charge in [0, 0.05) is 54.9 Å². The van der Waals surface area contributed by atoms with Crippen LogP contribution in [-0.2, 0) is 9.47 Å². The fraction of sp³-hybridized carbons (Fsp3) is 0.500. The van der Waals surface area contributed by atoms with Gasteiger partial charge in [0.2, 0.25) is 0 Å². The molecule has 2 rings (SSSR count). The Hall–Kier alpha value is -1.58. The van der Waals surface area contributed by atoms with E-state index in [1.807, 2.05) is 25.3 Å². The fourth-order valence-corrected chi connectivity index (χ4v) is 4.63. The van der Waals surface area contributed by atoms with Crippen LogP contribution in [0.4, 0.5) is 0 Å². The van der Waals surface area contributed by atoms with Gasteiger partial charge in [-0.1, -0.05) is 12.2 Å². The first-order valence-electron chi connectivity index (χ1n) is 10.8. The highest BCUT2D eigenvalue weighted by atomic mass is 32.2. The summed E-state index contributed by atoms with van der Waals surface area (Å²) in [5.74, 6) is 0.663. The van der Waals surface area contributed by atoms with E-state index >= 15 is 0 Å². The second-order valence-electron chi connectivity index (χ2n) is 7.50. The highest BCUT2D eigenvalue weighted by Crippen LogP contribution is 2.35. The molecule has 0 radical (unpaired) electrons. The Morgan fingerprint density at radius 1 is 1.44 bits per heavy atom. The molecule has 176 valence electrons. The number of aliphatic hydroxyl groups is 1. The molecule has 2 N–H and O–H groups in total. The van der Waals surface area contributed by atoms with Crippen molar-refractivity contribution in [3.8, 4) is 0 Å². The van der Waals surface area contributed by atoms with E-state index in [1.165, 1.54) is 11.9 Å². The highest BCUT2D eigenvalue weighted by Gasteiger charge is 2.25. The molecule has 8 heteroatoms. The number of ether oxygens (including phenoxy) is 2. The predicted octanol–water partition coefficient (Wildman–Crippen LogP) is 4.95. The number of pyridine rings is 1. The standard InChI is InChI=1S/C24H35N3O3S2/c1-5-6-7-22(27-32-24(16-25-2)23(28)17-29-3)20(14-18-10-12-30-13-11-18)21-9-8-19(31-4)15-26-21/h5-9,15-16,18,20,23,27-28H,2,10-14,17H2,1,3-4H3/b6-5+,22-7-,24-16-. The fourth-order valence-electron chi connectivity index (χ4n) is 3.49. The summed E-state index contributed by atoms with van der Waals surface area (Å²) in [6, 6.07) is 4.24. The van der Waals surface area contributed by atoms with Gasteiger partial charge in [-0.15, -0.1) is 11.8 Å². The van der Waals surface area contributed by atoms with Crippen molar-refractivity contribution < 1.29 is 14.6 Å². The minimum absolute atomic E-state index is 0.0928. The molecule has 0 aliphatic carbocycles. The van der Waals surface area contributed by atoms with Crippen LogP contribution in [0.2, 0.25) is 0 Å². The normalized spacial score (nSPS) is 18.0. The summed E-state index contributed by atoms with van der Waals surface area (Å²) in [5.41, 5.74) is 2.06. The third-order valence-corrected chi connectivity index (χ3v) is 6.93. The zero-order valence-electron chi connectivity index (χ0n) is 19.2. The van der Waals surface area contributed by atoms with Crippen LogP contribution in [0, 0.1) is 5.92 Å². The van der Waals surface area contributed by atoms with Crippen molar-refractivity contribution in [2.45, 2.75) is 43.1 Å². The molecule has 0 aromatic carbocycles. The van der Waals surface area contributed by atoms with E-state index in [9.17, 15) is 5.11 Å². The van der Waals surface area contributed by atoms with Crippen molar-refractivity contribution in [3.05, 3.63) is 59.1 Å². The zero-order chi connectivity index (χ0) is 23.2. The summed E-state index contributed by atoms with van der Waals surface area (Å²) in [7, 11) is 1.56. The summed E-state index contributed by atoms with van der Waals surface area (Å²) in [4.78, 5) is 10.4. The van der Waals surface area contributed by atoms with Crippen molar-refractivity contribution in [3.63, 3.8) is 0 Å². The number of allylic oxidation sites excluding steroid dienone is 4. The summed E-state index contributed by atoms with van der Waals surface area (Å²) in [6.07, 6.45) is 14.0. The first-order valence-corrected chi connectivity index (χ1v) is 12.8. The van der Waals surface area contributed by atoms with E-state index in [4.69, 9.17) is 14.5 Å². The number of methoxy groups -OCH3 is 1. The van der Waals surface area contributed by atoms with Gasteiger partial charge >= 0.3 is 0 Å². The summed E-state index contributed by atoms with van der Waals surface area (Å²) >= 11 is 3.02. The molecular formula is C24H35N3O3S2. The van der Waals surface area contributed by atoms with Gasteiger partial charge in [0.25, 0.3) is 0 Å². The lowest BCUT2D eigenvalue weighted by Crippen LogP contribution is -2.23. The van der Waals surface area contributed by atoms with Gasteiger partial charge in [0.05, 0.1) is 11.5 Å².